The maximum Gasteiger partial charge on any atom is 0.326 e. The molecule has 0 rings (SSSR count). The van der Waals surface area contributed by atoms with Crippen molar-refractivity contribution in [3.63, 3.8) is 0 Å². The van der Waals surface area contributed by atoms with Gasteiger partial charge in [0, 0.05) is 19.6 Å². The molecule has 428 valence electrons. The van der Waals surface area contributed by atoms with E-state index in [1.54, 1.807) is 20.1 Å². The van der Waals surface area contributed by atoms with Crippen LogP contribution < -0.4 is 82.7 Å². The number of aliphatic hydroxyl groups excluding tert-OH is 2. The van der Waals surface area contributed by atoms with E-state index in [4.69, 9.17) is 40.1 Å². The number of carbonyl (C=O) groups is 9. The summed E-state index contributed by atoms with van der Waals surface area (Å²) in [6.45, 7) is 6.68. The van der Waals surface area contributed by atoms with Gasteiger partial charge >= 0.3 is 5.97 Å². The highest BCUT2D eigenvalue weighted by atomic mass is 32.2. The van der Waals surface area contributed by atoms with Crippen molar-refractivity contribution in [3.05, 3.63) is 0 Å². The first kappa shape index (κ1) is 68.3. The van der Waals surface area contributed by atoms with Gasteiger partial charge in [0.05, 0.1) is 25.3 Å². The number of aliphatic hydroxyl groups is 2. The fraction of sp³-hybridized carbons (Fsp3) is 0.727. The molecule has 0 aliphatic heterocycles. The molecule has 0 aliphatic rings. The molecule has 8 amide bonds. The highest BCUT2D eigenvalue weighted by molar-refractivity contribution is 7.98. The second-order valence-corrected chi connectivity index (χ2v) is 19.1. The number of carboxylic acid groups (broad SMARTS) is 1. The molecule has 75 heavy (non-hydrogen) atoms. The summed E-state index contributed by atoms with van der Waals surface area (Å²) >= 11 is 1.37. The molecular formula is C44H84N18O12S. The number of aliphatic carboxylic acids is 1. The van der Waals surface area contributed by atoms with Gasteiger partial charge in [-0.1, -0.05) is 34.1 Å². The molecule has 0 unspecified atom stereocenters. The summed E-state index contributed by atoms with van der Waals surface area (Å²) < 4.78 is 0. The number of hydrogen-bond donors (Lipinski definition) is 18. The summed E-state index contributed by atoms with van der Waals surface area (Å²) in [6, 6.07) is -10.9. The van der Waals surface area contributed by atoms with Crippen LogP contribution in [0.5, 0.6) is 0 Å². The largest absolute Gasteiger partial charge is 0.480 e. The predicted octanol–water partition coefficient (Wildman–Crippen LogP) is -6.71. The number of amides is 8. The average Bonchev–Trinajstić information content (AvgIpc) is 3.33. The standard InChI is InChI=1S/C44H84N18O12S/c1-7-23(4)32(39(71)60-30(21-63)38(70)59-29(41(73)74)13-10-17-54-44(50)51)62-40(72)33(24(5)64)61-31(65)20-55-35(67)26(11-8-15-52-42(46)47)57-37(69)28(14-18-75-6)58-36(68)27(12-9-16-53-43(48)49)56-34(66)25(45)19-22(2)3/h22-30,32-33,63-64H,7-21,45H2,1-6H3,(H,55,67)(H,56,66)(H,57,69)(H,58,68)(H,59,70)(H,60,71)(H,61,65)(H,62,72)(H,73,74)(H4,46,47,52)(H4,48,49,53)(H4,50,51,54)/t23-,24+,25-,26-,27-,28-,29-,30-,32-,33-/m0/s1. The van der Waals surface area contributed by atoms with Crippen molar-refractivity contribution in [2.75, 3.05) is 44.8 Å². The Morgan fingerprint density at radius 1 is 0.547 bits per heavy atom. The number of nitrogens with zero attached hydrogens (tertiary/aromatic N) is 3. The third-order valence-electron chi connectivity index (χ3n) is 11.1. The summed E-state index contributed by atoms with van der Waals surface area (Å²) in [7, 11) is 0. The number of aliphatic imine (C=N–C) groups is 3. The minimum atomic E-state index is -1.72. The maximum absolute atomic E-state index is 13.9. The van der Waals surface area contributed by atoms with E-state index in [9.17, 15) is 58.5 Å². The van der Waals surface area contributed by atoms with E-state index >= 15 is 0 Å². The first-order chi connectivity index (χ1) is 35.2. The predicted molar refractivity (Wildman–Crippen MR) is 283 cm³/mol. The minimum Gasteiger partial charge on any atom is -0.480 e. The molecule has 10 atom stereocenters. The zero-order chi connectivity index (χ0) is 57.4. The molecule has 0 heterocycles. The van der Waals surface area contributed by atoms with Crippen molar-refractivity contribution in [1.29, 1.82) is 0 Å². The zero-order valence-electron chi connectivity index (χ0n) is 43.8. The first-order valence-corrected chi connectivity index (χ1v) is 25.9. The Kier molecular flexibility index (Phi) is 33.7. The number of thioether (sulfide) groups is 1. The van der Waals surface area contributed by atoms with Crippen LogP contribution in [0.4, 0.5) is 0 Å². The molecule has 0 aromatic carbocycles. The van der Waals surface area contributed by atoms with Gasteiger partial charge in [-0.05, 0) is 82.1 Å². The van der Waals surface area contributed by atoms with E-state index in [1.807, 2.05) is 13.8 Å². The van der Waals surface area contributed by atoms with Gasteiger partial charge in [0.1, 0.15) is 42.3 Å². The second kappa shape index (κ2) is 37.1. The molecule has 30 nitrogen and oxygen atoms in total. The minimum absolute atomic E-state index is 0.0396. The van der Waals surface area contributed by atoms with Gasteiger partial charge in [-0.25, -0.2) is 4.79 Å². The smallest absolute Gasteiger partial charge is 0.326 e. The van der Waals surface area contributed by atoms with Crippen molar-refractivity contribution in [2.24, 2.45) is 66.9 Å². The number of carbonyl (C=O) groups excluding carboxylic acids is 8. The molecule has 25 N–H and O–H groups in total. The number of rotatable bonds is 38. The quantitative estimate of drug-likeness (QED) is 0.0155. The molecular weight excluding hydrogens is 1000 g/mol. The Bertz CT molecular complexity index is 1950. The van der Waals surface area contributed by atoms with Crippen LogP contribution in [-0.2, 0) is 43.2 Å². The van der Waals surface area contributed by atoms with Crippen molar-refractivity contribution in [1.82, 2.24) is 42.5 Å². The van der Waals surface area contributed by atoms with Crippen LogP contribution in [-0.4, -0.2) is 186 Å². The van der Waals surface area contributed by atoms with Gasteiger partial charge in [-0.15, -0.1) is 0 Å². The lowest BCUT2D eigenvalue weighted by Crippen LogP contribution is -2.61. The third-order valence-corrected chi connectivity index (χ3v) is 11.8. The second-order valence-electron chi connectivity index (χ2n) is 18.1. The summed E-state index contributed by atoms with van der Waals surface area (Å²) in [5, 5.41) is 49.9. The number of carboxylic acids is 1. The van der Waals surface area contributed by atoms with Crippen LogP contribution in [0.15, 0.2) is 15.0 Å². The molecule has 0 aromatic rings. The summed E-state index contributed by atoms with van der Waals surface area (Å²) in [5.41, 5.74) is 38.5. The lowest BCUT2D eigenvalue weighted by atomic mass is 9.97. The summed E-state index contributed by atoms with van der Waals surface area (Å²) in [4.78, 5) is 131. The number of guanidine groups is 3. The van der Waals surface area contributed by atoms with E-state index in [0.29, 0.717) is 12.2 Å². The van der Waals surface area contributed by atoms with Crippen LogP contribution >= 0.6 is 11.8 Å². The Morgan fingerprint density at radius 3 is 1.39 bits per heavy atom. The topological polar surface area (TPSA) is 530 Å². The zero-order valence-corrected chi connectivity index (χ0v) is 44.6. The van der Waals surface area contributed by atoms with Crippen molar-refractivity contribution in [2.45, 2.75) is 147 Å². The van der Waals surface area contributed by atoms with Crippen molar-refractivity contribution >= 4 is 82.9 Å². The Labute approximate surface area is 441 Å². The van der Waals surface area contributed by atoms with Crippen LogP contribution in [0.3, 0.4) is 0 Å². The van der Waals surface area contributed by atoms with Crippen molar-refractivity contribution in [3.8, 4) is 0 Å². The molecule has 0 spiro atoms. The number of nitrogens with two attached hydrogens (primary N) is 7. The fourth-order valence-corrected chi connectivity index (χ4v) is 7.31. The van der Waals surface area contributed by atoms with Crippen LogP contribution in [0.25, 0.3) is 0 Å². The maximum atomic E-state index is 13.9. The van der Waals surface area contributed by atoms with Gasteiger partial charge in [-0.3, -0.25) is 53.3 Å². The number of hydrogen-bond acceptors (Lipinski definition) is 16. The molecule has 0 bridgehead atoms. The normalized spacial score (nSPS) is 15.0. The van der Waals surface area contributed by atoms with Gasteiger partial charge in [0.25, 0.3) is 0 Å². The molecule has 31 heteroatoms. The van der Waals surface area contributed by atoms with E-state index < -0.39 is 127 Å². The SMILES string of the molecule is CC[C@H](C)[C@H](NC(=O)[C@@H](NC(=O)CNC(=O)[C@H](CCCN=C(N)N)NC(=O)[C@H](CCSC)NC(=O)[C@H](CCCN=C(N)N)NC(=O)[C@@H](N)CC(C)C)[C@@H](C)O)C(=O)N[C@@H](CO)C(=O)N[C@@H](CCCN=C(N)N)C(=O)O. The highest BCUT2D eigenvalue weighted by Crippen LogP contribution is 2.12. The Balaban J connectivity index is 6.29. The monoisotopic (exact) mass is 1090 g/mol. The molecule has 0 fully saturated rings. The molecule has 0 aromatic heterocycles. The van der Waals surface area contributed by atoms with Crippen LogP contribution in [0, 0.1) is 11.8 Å². The van der Waals surface area contributed by atoms with Gasteiger partial charge < -0.3 is 98.0 Å². The third kappa shape index (κ3) is 29.1. The number of nitrogens with one attached hydrogen (secondary N) is 8. The Morgan fingerprint density at radius 2 is 0.960 bits per heavy atom. The average molecular weight is 1090 g/mol. The molecule has 0 aliphatic carbocycles. The van der Waals surface area contributed by atoms with E-state index in [0.717, 1.165) is 0 Å². The molecule has 0 saturated heterocycles. The van der Waals surface area contributed by atoms with E-state index in [2.05, 4.69) is 57.5 Å². The van der Waals surface area contributed by atoms with Gasteiger partial charge in [0.15, 0.2) is 17.9 Å². The van der Waals surface area contributed by atoms with E-state index in [-0.39, 0.29) is 94.8 Å². The fourth-order valence-electron chi connectivity index (χ4n) is 6.84. The van der Waals surface area contributed by atoms with Crippen LogP contribution in [0.1, 0.15) is 92.4 Å². The van der Waals surface area contributed by atoms with Crippen molar-refractivity contribution < 1.29 is 58.5 Å². The van der Waals surface area contributed by atoms with Gasteiger partial charge in [-0.2, -0.15) is 11.8 Å². The van der Waals surface area contributed by atoms with E-state index in [1.165, 1.54) is 18.7 Å². The summed E-state index contributed by atoms with van der Waals surface area (Å²) in [5.74, 6) is -9.24. The molecule has 0 radical (unpaired) electrons. The Hall–Kier alpha value is -6.73. The summed E-state index contributed by atoms with van der Waals surface area (Å²) in [6.07, 6.45) is 1.36. The van der Waals surface area contributed by atoms with Gasteiger partial charge in [0.2, 0.25) is 47.3 Å². The molecule has 0 saturated carbocycles. The van der Waals surface area contributed by atoms with Crippen LogP contribution in [0.2, 0.25) is 0 Å². The lowest BCUT2D eigenvalue weighted by Gasteiger charge is -2.29. The lowest BCUT2D eigenvalue weighted by molar-refractivity contribution is -0.143. The highest BCUT2D eigenvalue weighted by Gasteiger charge is 2.35. The first-order valence-electron chi connectivity index (χ1n) is 24.5.